The van der Waals surface area contributed by atoms with Gasteiger partial charge in [0.2, 0.25) is 0 Å². The maximum absolute atomic E-state index is 7.17. The third-order valence-electron chi connectivity index (χ3n) is 22.8. The Morgan fingerprint density at radius 2 is 0.562 bits per heavy atom. The summed E-state index contributed by atoms with van der Waals surface area (Å²) in [5.41, 5.74) is 18.5. The Bertz CT molecular complexity index is 6350. The summed E-state index contributed by atoms with van der Waals surface area (Å²) in [6.07, 6.45) is 0. The van der Waals surface area contributed by atoms with Crippen molar-refractivity contribution in [1.82, 2.24) is 0 Å². The summed E-state index contributed by atoms with van der Waals surface area (Å²) in [6.45, 7) is 5.15. The predicted octanol–water partition coefficient (Wildman–Crippen LogP) is 25.8. The van der Waals surface area contributed by atoms with Crippen molar-refractivity contribution < 1.29 is 8.83 Å². The Morgan fingerprint density at radius 3 is 1.00 bits per heavy atom. The highest BCUT2D eigenvalue weighted by Crippen LogP contribution is 2.68. The van der Waals surface area contributed by atoms with Crippen LogP contribution in [0.1, 0.15) is 36.1 Å². The SMILES string of the molecule is CC1(C2(C)c3ccccc3-c3c2cc(N(c2ccc4ccc5cccc6ccc2c4c56)c2cccc4c2oc2ccccc24)c2ccccc32)c2ccccc2-c2c1cc(N(c1ccc3ccc4cccc5ccc1c3c45)c1cccc3c1oc1ccccc13)c1ccccc21. The molecule has 2 unspecified atom stereocenters. The maximum atomic E-state index is 7.17. The molecule has 2 atom stereocenters. The number of hydrogen-bond donors (Lipinski definition) is 0. The second-order valence-corrected chi connectivity index (χ2v) is 27.1. The highest BCUT2D eigenvalue weighted by Gasteiger charge is 2.58. The van der Waals surface area contributed by atoms with Crippen LogP contribution in [0.5, 0.6) is 0 Å². The zero-order valence-electron chi connectivity index (χ0n) is 52.6. The number of anilines is 6. The van der Waals surface area contributed by atoms with Crippen LogP contribution < -0.4 is 9.80 Å². The molecule has 18 aromatic carbocycles. The van der Waals surface area contributed by atoms with Gasteiger partial charge in [0.05, 0.1) is 34.1 Å². The molecular formula is C92H56N2O2. The third-order valence-corrected chi connectivity index (χ3v) is 22.8. The van der Waals surface area contributed by atoms with Gasteiger partial charge >= 0.3 is 0 Å². The summed E-state index contributed by atoms with van der Waals surface area (Å²) < 4.78 is 14.3. The van der Waals surface area contributed by atoms with Gasteiger partial charge in [-0.1, -0.05) is 269 Å². The monoisotopic (exact) mass is 1220 g/mol. The summed E-state index contributed by atoms with van der Waals surface area (Å²) in [6, 6.07) is 114. The number of nitrogens with zero attached hydrogens (tertiary/aromatic N) is 2. The largest absolute Gasteiger partial charge is 0.454 e. The Labute approximate surface area is 552 Å². The lowest BCUT2D eigenvalue weighted by molar-refractivity contribution is 0.376. The van der Waals surface area contributed by atoms with Crippen LogP contribution >= 0.6 is 0 Å². The van der Waals surface area contributed by atoms with E-state index >= 15 is 0 Å². The van der Waals surface area contributed by atoms with Gasteiger partial charge in [-0.2, -0.15) is 0 Å². The smallest absolute Gasteiger partial charge is 0.159 e. The van der Waals surface area contributed by atoms with E-state index in [1.54, 1.807) is 0 Å². The molecule has 0 fully saturated rings. The molecule has 96 heavy (non-hydrogen) atoms. The maximum Gasteiger partial charge on any atom is 0.159 e. The van der Waals surface area contributed by atoms with Crippen molar-refractivity contribution >= 4 is 164 Å². The number of hydrogen-bond acceptors (Lipinski definition) is 4. The fraction of sp³-hybridized carbons (Fsp3) is 0.0435. The van der Waals surface area contributed by atoms with Crippen LogP contribution in [0.15, 0.2) is 312 Å². The lowest BCUT2D eigenvalue weighted by atomic mass is 9.56. The Morgan fingerprint density at radius 1 is 0.229 bits per heavy atom. The quantitative estimate of drug-likeness (QED) is 0.149. The molecule has 2 aliphatic rings. The number of benzene rings is 18. The first-order chi connectivity index (χ1) is 47.4. The second-order valence-electron chi connectivity index (χ2n) is 27.1. The standard InChI is InChI=1S/C92H56N2O2/c1-91(71-33-11-7-29-67(71)87-63-27-5-3-23-59(63)79(51-73(87)91)93(77-35-17-31-65-61-25-9-13-37-81(61)95-89(65)77)75-49-45-57-41-39-53-19-15-21-55-43-47-69(75)85(57)83(53)55)92(2)72-34-12-8-30-68(72)88-64-28-6-4-24-60(64)80(52-74(88)92)94(78-36-18-32-66-62-26-10-14-38-82(62)96-90(66)78)76-50-46-58-42-40-54-20-16-22-56-44-48-70(76)86(58)84(54)56/h3-52H,1-2H3. The molecule has 0 saturated carbocycles. The number of para-hydroxylation sites is 4. The molecule has 0 amide bonds. The van der Waals surface area contributed by atoms with Gasteiger partial charge in [0.15, 0.2) is 11.2 Å². The van der Waals surface area contributed by atoms with E-state index in [1.807, 2.05) is 0 Å². The van der Waals surface area contributed by atoms with Gasteiger partial charge in [-0.25, -0.2) is 0 Å². The predicted molar refractivity (Wildman–Crippen MR) is 403 cm³/mol. The van der Waals surface area contributed by atoms with Gasteiger partial charge in [0, 0.05) is 53.9 Å². The lowest BCUT2D eigenvalue weighted by Crippen LogP contribution is -2.44. The van der Waals surface area contributed by atoms with E-state index < -0.39 is 10.8 Å². The van der Waals surface area contributed by atoms with Crippen molar-refractivity contribution in [3.05, 3.63) is 326 Å². The van der Waals surface area contributed by atoms with Crippen LogP contribution in [0.2, 0.25) is 0 Å². The summed E-state index contributed by atoms with van der Waals surface area (Å²) in [4.78, 5) is 5.11. The minimum absolute atomic E-state index is 0.713. The molecule has 0 spiro atoms. The molecule has 0 aliphatic heterocycles. The van der Waals surface area contributed by atoms with Gasteiger partial charge in [-0.15, -0.1) is 0 Å². The van der Waals surface area contributed by atoms with E-state index in [-0.39, 0.29) is 0 Å². The highest BCUT2D eigenvalue weighted by molar-refractivity contribution is 6.29. The van der Waals surface area contributed by atoms with Gasteiger partial charge in [0.25, 0.3) is 0 Å². The Kier molecular flexibility index (Phi) is 10.2. The van der Waals surface area contributed by atoms with Crippen molar-refractivity contribution in [2.45, 2.75) is 24.7 Å². The van der Waals surface area contributed by atoms with Crippen molar-refractivity contribution in [2.24, 2.45) is 0 Å². The van der Waals surface area contributed by atoms with Crippen LogP contribution in [-0.2, 0) is 10.8 Å². The van der Waals surface area contributed by atoms with Crippen molar-refractivity contribution in [3.8, 4) is 22.3 Å². The van der Waals surface area contributed by atoms with Gasteiger partial charge in [0.1, 0.15) is 11.2 Å². The van der Waals surface area contributed by atoms with Gasteiger partial charge < -0.3 is 18.6 Å². The molecule has 0 saturated heterocycles. The van der Waals surface area contributed by atoms with Crippen LogP contribution in [0.25, 0.3) is 152 Å². The van der Waals surface area contributed by atoms with Crippen molar-refractivity contribution in [3.63, 3.8) is 0 Å². The lowest BCUT2D eigenvalue weighted by Gasteiger charge is -2.46. The number of rotatable bonds is 7. The molecule has 446 valence electrons. The van der Waals surface area contributed by atoms with Crippen LogP contribution in [0, 0.1) is 0 Å². The summed E-state index contributed by atoms with van der Waals surface area (Å²) in [5, 5.41) is 23.9. The van der Waals surface area contributed by atoms with Crippen LogP contribution in [-0.4, -0.2) is 0 Å². The summed E-state index contributed by atoms with van der Waals surface area (Å²) >= 11 is 0. The van der Waals surface area contributed by atoms with E-state index in [1.165, 1.54) is 120 Å². The molecule has 2 heterocycles. The minimum atomic E-state index is -0.713. The molecule has 2 aromatic heterocycles. The van der Waals surface area contributed by atoms with Gasteiger partial charge in [-0.3, -0.25) is 0 Å². The molecule has 0 bridgehead atoms. The number of fused-ring (bicyclic) bond motifs is 16. The summed E-state index contributed by atoms with van der Waals surface area (Å²) in [7, 11) is 0. The van der Waals surface area contributed by atoms with E-state index in [2.05, 4.69) is 327 Å². The topological polar surface area (TPSA) is 32.8 Å². The molecule has 0 N–H and O–H groups in total. The van der Waals surface area contributed by atoms with E-state index in [4.69, 9.17) is 8.83 Å². The zero-order valence-corrected chi connectivity index (χ0v) is 52.6. The molecule has 4 heteroatoms. The fourth-order valence-corrected chi connectivity index (χ4v) is 18.5. The fourth-order valence-electron chi connectivity index (χ4n) is 18.5. The first kappa shape index (κ1) is 52.3. The molecule has 4 nitrogen and oxygen atoms in total. The molecule has 0 radical (unpaired) electrons. The van der Waals surface area contributed by atoms with E-state index in [0.717, 1.165) is 88.8 Å². The minimum Gasteiger partial charge on any atom is -0.454 e. The summed E-state index contributed by atoms with van der Waals surface area (Å²) in [5.74, 6) is 0. The Balaban J connectivity index is 0.858. The third kappa shape index (κ3) is 6.58. The first-order valence-corrected chi connectivity index (χ1v) is 33.5. The molecule has 2 aliphatic carbocycles. The number of furan rings is 2. The molecule has 22 rings (SSSR count). The zero-order chi connectivity index (χ0) is 62.9. The Hall–Kier alpha value is -12.2. The highest BCUT2D eigenvalue weighted by atomic mass is 16.3. The van der Waals surface area contributed by atoms with Gasteiger partial charge in [-0.05, 0) is 158 Å². The van der Waals surface area contributed by atoms with Crippen molar-refractivity contribution in [1.29, 1.82) is 0 Å². The molecule has 20 aromatic rings. The second kappa shape index (κ2) is 18.8. The van der Waals surface area contributed by atoms with E-state index in [9.17, 15) is 0 Å². The molecular weight excluding hydrogens is 1170 g/mol. The first-order valence-electron chi connectivity index (χ1n) is 33.5. The van der Waals surface area contributed by atoms with Crippen LogP contribution in [0.3, 0.4) is 0 Å². The average Bonchev–Trinajstić information content (AvgIpc) is 1.49. The van der Waals surface area contributed by atoms with Crippen LogP contribution in [0.4, 0.5) is 34.1 Å². The average molecular weight is 1220 g/mol. The van der Waals surface area contributed by atoms with Crippen molar-refractivity contribution in [2.75, 3.05) is 9.80 Å². The van der Waals surface area contributed by atoms with E-state index in [0.29, 0.717) is 0 Å². The normalized spacial score (nSPS) is 15.9.